The Bertz CT molecular complexity index is 1450. The van der Waals surface area contributed by atoms with Crippen LogP contribution in [0.15, 0.2) is 97.1 Å². The number of aromatic hydroxyl groups is 2. The van der Waals surface area contributed by atoms with Gasteiger partial charge in [0.1, 0.15) is 36.2 Å². The molecule has 5 aromatic rings. The summed E-state index contributed by atoms with van der Waals surface area (Å²) in [6.45, 7) is 9.62. The van der Waals surface area contributed by atoms with Gasteiger partial charge in [0.2, 0.25) is 0 Å². The molecule has 2 N–H and O–H groups in total. The highest BCUT2D eigenvalue weighted by atomic mass is 16.5. The number of phenolic OH excluding ortho intramolecular Hbond substituents is 2. The highest BCUT2D eigenvalue weighted by Crippen LogP contribution is 2.31. The summed E-state index contributed by atoms with van der Waals surface area (Å²) in [6, 6.07) is 30.5. The molecule has 0 saturated carbocycles. The second kappa shape index (κ2) is 11.6. The third-order valence-corrected chi connectivity index (χ3v) is 7.81. The molecule has 0 aliphatic rings. The van der Waals surface area contributed by atoms with E-state index >= 15 is 0 Å². The lowest BCUT2D eigenvalue weighted by Gasteiger charge is -2.21. The van der Waals surface area contributed by atoms with E-state index in [1.165, 1.54) is 33.4 Å². The number of phenols is 2. The fourth-order valence-electron chi connectivity index (χ4n) is 5.01. The van der Waals surface area contributed by atoms with Crippen molar-refractivity contribution in [2.75, 3.05) is 0 Å². The van der Waals surface area contributed by atoms with Gasteiger partial charge in [-0.1, -0.05) is 48.5 Å². The van der Waals surface area contributed by atoms with Gasteiger partial charge in [-0.25, -0.2) is 0 Å². The fourth-order valence-corrected chi connectivity index (χ4v) is 5.01. The molecule has 40 heavy (non-hydrogen) atoms. The van der Waals surface area contributed by atoms with Crippen LogP contribution in [0.5, 0.6) is 23.0 Å². The fraction of sp³-hybridized carbons (Fsp3) is 0.167. The van der Waals surface area contributed by atoms with Crippen LogP contribution in [0, 0.1) is 27.7 Å². The van der Waals surface area contributed by atoms with E-state index in [4.69, 9.17) is 9.47 Å². The van der Waals surface area contributed by atoms with Crippen LogP contribution < -0.4 is 9.47 Å². The van der Waals surface area contributed by atoms with Crippen LogP contribution in [0.25, 0.3) is 22.3 Å². The van der Waals surface area contributed by atoms with Crippen LogP contribution in [0.4, 0.5) is 0 Å². The Balaban J connectivity index is 1.26. The number of hydrogen-bond acceptors (Lipinski definition) is 4. The van der Waals surface area contributed by atoms with E-state index in [1.807, 2.05) is 72.8 Å². The van der Waals surface area contributed by atoms with Crippen LogP contribution >= 0.6 is 0 Å². The van der Waals surface area contributed by atoms with E-state index < -0.39 is 0 Å². The molecule has 0 saturated heterocycles. The van der Waals surface area contributed by atoms with Crippen molar-refractivity contribution < 1.29 is 19.7 Å². The van der Waals surface area contributed by atoms with Gasteiger partial charge in [0.15, 0.2) is 0 Å². The zero-order valence-corrected chi connectivity index (χ0v) is 23.4. The molecule has 5 rings (SSSR count). The first-order valence-corrected chi connectivity index (χ1v) is 13.4. The van der Waals surface area contributed by atoms with Crippen LogP contribution in [-0.4, -0.2) is 10.2 Å². The van der Waals surface area contributed by atoms with Crippen molar-refractivity contribution >= 4 is 0 Å². The van der Waals surface area contributed by atoms with E-state index in [-0.39, 0.29) is 11.5 Å². The Kier molecular flexibility index (Phi) is 7.79. The highest BCUT2D eigenvalue weighted by molar-refractivity contribution is 5.65. The monoisotopic (exact) mass is 530 g/mol. The lowest BCUT2D eigenvalue weighted by Crippen LogP contribution is -2.10. The molecule has 0 aliphatic heterocycles. The minimum Gasteiger partial charge on any atom is -0.508 e. The van der Waals surface area contributed by atoms with E-state index in [0.29, 0.717) is 13.2 Å². The molecular weight excluding hydrogens is 496 g/mol. The molecule has 0 radical (unpaired) electrons. The van der Waals surface area contributed by atoms with Gasteiger partial charge < -0.3 is 19.7 Å². The predicted octanol–water partition coefficient (Wildman–Crippen LogP) is 8.82. The molecule has 4 nitrogen and oxygen atoms in total. The maximum Gasteiger partial charge on any atom is 0.119 e. The summed E-state index contributed by atoms with van der Waals surface area (Å²) in [5, 5.41) is 19.1. The molecule has 202 valence electrons. The smallest absolute Gasteiger partial charge is 0.119 e. The van der Waals surface area contributed by atoms with Gasteiger partial charge in [0.05, 0.1) is 0 Å². The molecule has 0 spiro atoms. The Morgan fingerprint density at radius 3 is 0.925 bits per heavy atom. The van der Waals surface area contributed by atoms with Gasteiger partial charge in [-0.2, -0.15) is 0 Å². The summed E-state index contributed by atoms with van der Waals surface area (Å²) < 4.78 is 12.4. The Morgan fingerprint density at radius 2 is 0.650 bits per heavy atom. The van der Waals surface area contributed by atoms with Gasteiger partial charge in [0.25, 0.3) is 0 Å². The second-order valence-corrected chi connectivity index (χ2v) is 10.2. The van der Waals surface area contributed by atoms with Crippen molar-refractivity contribution in [2.24, 2.45) is 0 Å². The molecular formula is C36H34O4. The molecule has 0 aromatic heterocycles. The van der Waals surface area contributed by atoms with Crippen molar-refractivity contribution in [3.8, 4) is 45.3 Å². The van der Waals surface area contributed by atoms with Gasteiger partial charge in [-0.15, -0.1) is 0 Å². The zero-order chi connectivity index (χ0) is 28.2. The lowest BCUT2D eigenvalue weighted by molar-refractivity contribution is 0.300. The molecule has 0 heterocycles. The zero-order valence-electron chi connectivity index (χ0n) is 23.4. The normalized spacial score (nSPS) is 10.9. The summed E-state index contributed by atoms with van der Waals surface area (Å²) in [5.41, 5.74) is 11.6. The summed E-state index contributed by atoms with van der Waals surface area (Å²) in [5.74, 6) is 2.16. The number of hydrogen-bond donors (Lipinski definition) is 2. The van der Waals surface area contributed by atoms with Crippen LogP contribution in [-0.2, 0) is 13.2 Å². The summed E-state index contributed by atoms with van der Waals surface area (Å²) in [4.78, 5) is 0. The Hall–Kier alpha value is -4.70. The molecule has 0 bridgehead atoms. The molecule has 0 unspecified atom stereocenters. The third kappa shape index (κ3) is 5.81. The minimum absolute atomic E-state index is 0.262. The quantitative estimate of drug-likeness (QED) is 0.210. The van der Waals surface area contributed by atoms with E-state index in [2.05, 4.69) is 27.7 Å². The highest BCUT2D eigenvalue weighted by Gasteiger charge is 2.16. The topological polar surface area (TPSA) is 58.9 Å². The summed E-state index contributed by atoms with van der Waals surface area (Å²) in [6.07, 6.45) is 0. The minimum atomic E-state index is 0.262. The summed E-state index contributed by atoms with van der Waals surface area (Å²) >= 11 is 0. The van der Waals surface area contributed by atoms with Gasteiger partial charge in [-0.3, -0.25) is 0 Å². The maximum atomic E-state index is 9.53. The average molecular weight is 531 g/mol. The standard InChI is InChI=1S/C36H34O4/c1-23-24(2)36(22-40-34-19-11-30(12-20-34)28-7-15-32(38)16-8-28)26(4)25(3)35(23)21-39-33-17-9-29(10-18-33)27-5-13-31(37)14-6-27/h5-20,37-38H,21-22H2,1-4H3. The third-order valence-electron chi connectivity index (χ3n) is 7.81. The Morgan fingerprint density at radius 1 is 0.400 bits per heavy atom. The average Bonchev–Trinajstić information content (AvgIpc) is 2.98. The molecule has 0 atom stereocenters. The predicted molar refractivity (Wildman–Crippen MR) is 161 cm³/mol. The van der Waals surface area contributed by atoms with Crippen LogP contribution in [0.1, 0.15) is 33.4 Å². The first kappa shape index (κ1) is 26.9. The van der Waals surface area contributed by atoms with Crippen LogP contribution in [0.2, 0.25) is 0 Å². The van der Waals surface area contributed by atoms with E-state index in [1.54, 1.807) is 24.3 Å². The molecule has 0 fully saturated rings. The maximum absolute atomic E-state index is 9.53. The Labute approximate surface area is 236 Å². The van der Waals surface area contributed by atoms with Crippen molar-refractivity contribution in [1.82, 2.24) is 0 Å². The molecule has 0 amide bonds. The van der Waals surface area contributed by atoms with Gasteiger partial charge in [-0.05, 0) is 132 Å². The first-order valence-electron chi connectivity index (χ1n) is 13.4. The van der Waals surface area contributed by atoms with Crippen molar-refractivity contribution in [2.45, 2.75) is 40.9 Å². The number of rotatable bonds is 8. The lowest BCUT2D eigenvalue weighted by atomic mass is 9.89. The van der Waals surface area contributed by atoms with Crippen molar-refractivity contribution in [3.63, 3.8) is 0 Å². The molecule has 4 heteroatoms. The van der Waals surface area contributed by atoms with Crippen molar-refractivity contribution in [1.29, 1.82) is 0 Å². The van der Waals surface area contributed by atoms with Gasteiger partial charge >= 0.3 is 0 Å². The second-order valence-electron chi connectivity index (χ2n) is 10.2. The summed E-state index contributed by atoms with van der Waals surface area (Å²) in [7, 11) is 0. The largest absolute Gasteiger partial charge is 0.508 e. The van der Waals surface area contributed by atoms with Crippen LogP contribution in [0.3, 0.4) is 0 Å². The number of benzene rings is 5. The first-order chi connectivity index (χ1) is 19.3. The molecule has 5 aromatic carbocycles. The van der Waals surface area contributed by atoms with Crippen molar-refractivity contribution in [3.05, 3.63) is 130 Å². The van der Waals surface area contributed by atoms with E-state index in [0.717, 1.165) is 33.8 Å². The van der Waals surface area contributed by atoms with Gasteiger partial charge in [0, 0.05) is 0 Å². The molecule has 0 aliphatic carbocycles. The number of ether oxygens (including phenoxy) is 2. The SMILES string of the molecule is Cc1c(C)c(COc2ccc(-c3ccc(O)cc3)cc2)c(C)c(C)c1COc1ccc(-c2ccc(O)cc2)cc1. The van der Waals surface area contributed by atoms with E-state index in [9.17, 15) is 10.2 Å².